The first-order valence-electron chi connectivity index (χ1n) is 8.97. The van der Waals surface area contributed by atoms with Crippen LogP contribution in [0.3, 0.4) is 0 Å². The van der Waals surface area contributed by atoms with E-state index in [1.165, 1.54) is 0 Å². The molecule has 6 nitrogen and oxygen atoms in total. The summed E-state index contributed by atoms with van der Waals surface area (Å²) in [6.07, 6.45) is 4.91. The Balaban J connectivity index is 2.14. The van der Waals surface area contributed by atoms with E-state index in [2.05, 4.69) is 5.32 Å². The number of carbonyl (C=O) groups excluding carboxylic acids is 1. The highest BCUT2D eigenvalue weighted by molar-refractivity contribution is 5.95. The van der Waals surface area contributed by atoms with Crippen LogP contribution in [0.25, 0.3) is 0 Å². The van der Waals surface area contributed by atoms with Gasteiger partial charge in [-0.05, 0) is 56.5 Å². The second-order valence-electron chi connectivity index (χ2n) is 6.04. The molecule has 0 unspecified atom stereocenters. The van der Waals surface area contributed by atoms with Gasteiger partial charge in [0.25, 0.3) is 0 Å². The van der Waals surface area contributed by atoms with Crippen LogP contribution in [0.4, 0.5) is 5.69 Å². The molecule has 0 heterocycles. The molecule has 0 atom stereocenters. The molecule has 0 aliphatic heterocycles. The summed E-state index contributed by atoms with van der Waals surface area (Å²) in [4.78, 5) is 11.8. The Kier molecular flexibility index (Phi) is 7.26. The number of hydrogen-bond acceptors (Lipinski definition) is 5. The number of ether oxygens (including phenoxy) is 2. The van der Waals surface area contributed by atoms with Gasteiger partial charge in [0.1, 0.15) is 12.4 Å². The number of nitrogen functional groups attached to an aromatic ring is 1. The molecule has 0 saturated carbocycles. The summed E-state index contributed by atoms with van der Waals surface area (Å²) < 4.78 is 11.5. The predicted octanol–water partition coefficient (Wildman–Crippen LogP) is 3.69. The molecular formula is C20H27N3O3. The van der Waals surface area contributed by atoms with Crippen LogP contribution in [0.5, 0.6) is 0 Å². The van der Waals surface area contributed by atoms with Crippen LogP contribution in [-0.2, 0) is 14.3 Å². The van der Waals surface area contributed by atoms with Crippen molar-refractivity contribution >= 4 is 17.3 Å². The fourth-order valence-corrected chi connectivity index (χ4v) is 2.67. The average molecular weight is 357 g/mol. The van der Waals surface area contributed by atoms with Crippen LogP contribution in [0.2, 0.25) is 0 Å². The largest absolute Gasteiger partial charge is 0.488 e. The minimum Gasteiger partial charge on any atom is -0.488 e. The maximum Gasteiger partial charge on any atom is 0.180 e. The molecular weight excluding hydrogens is 330 g/mol. The molecule has 26 heavy (non-hydrogen) atoms. The van der Waals surface area contributed by atoms with E-state index in [1.807, 2.05) is 32.1 Å². The molecule has 1 aromatic carbocycles. The summed E-state index contributed by atoms with van der Waals surface area (Å²) in [5.41, 5.74) is 7.97. The van der Waals surface area contributed by atoms with Crippen LogP contribution in [0.15, 0.2) is 47.6 Å². The number of carbonyl (C=O) groups is 1. The van der Waals surface area contributed by atoms with Crippen LogP contribution in [0, 0.1) is 5.41 Å². The normalized spacial score (nSPS) is 13.8. The molecule has 1 aliphatic carbocycles. The zero-order chi connectivity index (χ0) is 18.9. The summed E-state index contributed by atoms with van der Waals surface area (Å²) in [7, 11) is 0. The lowest BCUT2D eigenvalue weighted by molar-refractivity contribution is -0.122. The fraction of sp³-hybridized carbons (Fsp3) is 0.400. The average Bonchev–Trinajstić information content (AvgIpc) is 2.63. The van der Waals surface area contributed by atoms with Gasteiger partial charge in [-0.2, -0.15) is 0 Å². The summed E-state index contributed by atoms with van der Waals surface area (Å²) in [6.45, 7) is 4.47. The van der Waals surface area contributed by atoms with Gasteiger partial charge in [0, 0.05) is 17.7 Å². The molecule has 0 saturated heterocycles. The highest BCUT2D eigenvalue weighted by atomic mass is 16.5. The first kappa shape index (κ1) is 19.6. The first-order valence-corrected chi connectivity index (χ1v) is 8.97. The quantitative estimate of drug-likeness (QED) is 0.438. The van der Waals surface area contributed by atoms with Crippen molar-refractivity contribution in [2.24, 2.45) is 5.73 Å². The van der Waals surface area contributed by atoms with Gasteiger partial charge < -0.3 is 20.5 Å². The van der Waals surface area contributed by atoms with Crippen molar-refractivity contribution in [2.75, 3.05) is 18.5 Å². The predicted molar refractivity (Wildman–Crippen MR) is 103 cm³/mol. The van der Waals surface area contributed by atoms with E-state index in [4.69, 9.17) is 20.6 Å². The number of nitrogens with one attached hydrogen (secondary N) is 2. The van der Waals surface area contributed by atoms with E-state index in [9.17, 15) is 4.79 Å². The maximum absolute atomic E-state index is 11.8. The van der Waals surface area contributed by atoms with Crippen LogP contribution in [-0.4, -0.2) is 24.8 Å². The first-order chi connectivity index (χ1) is 12.5. The summed E-state index contributed by atoms with van der Waals surface area (Å²) in [5, 5.41) is 10.8. The minimum absolute atomic E-state index is 0.0406. The van der Waals surface area contributed by atoms with Crippen LogP contribution >= 0.6 is 0 Å². The molecule has 2 rings (SSSR count). The van der Waals surface area contributed by atoms with Crippen molar-refractivity contribution < 1.29 is 14.3 Å². The molecule has 0 spiro atoms. The Morgan fingerprint density at radius 1 is 1.23 bits per heavy atom. The van der Waals surface area contributed by atoms with Gasteiger partial charge in [0.15, 0.2) is 17.3 Å². The zero-order valence-electron chi connectivity index (χ0n) is 15.4. The minimum atomic E-state index is 0.0406. The van der Waals surface area contributed by atoms with Gasteiger partial charge in [0.2, 0.25) is 0 Å². The SMILES string of the molecule is CCCC(=O)COC1=CCCC(Nc2ccc(C(=N)N)cc2)=C1OCC. The lowest BCUT2D eigenvalue weighted by atomic mass is 10.1. The van der Waals surface area contributed by atoms with Crippen molar-refractivity contribution in [1.82, 2.24) is 0 Å². The third-order valence-corrected chi connectivity index (χ3v) is 3.92. The van der Waals surface area contributed by atoms with Gasteiger partial charge in [-0.1, -0.05) is 6.92 Å². The molecule has 6 heteroatoms. The van der Waals surface area contributed by atoms with Gasteiger partial charge in [-0.3, -0.25) is 10.2 Å². The fourth-order valence-electron chi connectivity index (χ4n) is 2.67. The van der Waals surface area contributed by atoms with Gasteiger partial charge in [0.05, 0.1) is 12.3 Å². The number of Topliss-reactive ketones (excluding diaryl/α,β-unsaturated/α-hetero) is 1. The smallest absolute Gasteiger partial charge is 0.180 e. The Hall–Kier alpha value is -2.76. The lowest BCUT2D eigenvalue weighted by Gasteiger charge is -2.23. The van der Waals surface area contributed by atoms with E-state index in [0.717, 1.165) is 30.6 Å². The molecule has 0 amide bonds. The highest BCUT2D eigenvalue weighted by Gasteiger charge is 2.20. The summed E-state index contributed by atoms with van der Waals surface area (Å²) in [5.74, 6) is 1.40. The molecule has 1 aliphatic rings. The number of amidine groups is 1. The van der Waals surface area contributed by atoms with Crippen LogP contribution < -0.4 is 11.1 Å². The summed E-state index contributed by atoms with van der Waals surface area (Å²) >= 11 is 0. The number of hydrogen-bond donors (Lipinski definition) is 3. The maximum atomic E-state index is 11.8. The third-order valence-electron chi connectivity index (χ3n) is 3.92. The van der Waals surface area contributed by atoms with Gasteiger partial charge in [-0.25, -0.2) is 0 Å². The van der Waals surface area contributed by atoms with Gasteiger partial charge >= 0.3 is 0 Å². The Morgan fingerprint density at radius 3 is 2.58 bits per heavy atom. The standard InChI is InChI=1S/C20H27N3O3/c1-3-6-16(24)13-26-18-8-5-7-17(19(18)25-4-2)23-15-11-9-14(10-12-15)20(21)22/h8-12,23H,3-7,13H2,1-2H3,(H3,21,22). The Bertz CT molecular complexity index is 706. The summed E-state index contributed by atoms with van der Waals surface area (Å²) in [6, 6.07) is 7.34. The van der Waals surface area contributed by atoms with Crippen molar-refractivity contribution in [3.05, 3.63) is 53.1 Å². The molecule has 0 bridgehead atoms. The molecule has 0 aromatic heterocycles. The lowest BCUT2D eigenvalue weighted by Crippen LogP contribution is -2.16. The van der Waals surface area contributed by atoms with E-state index in [-0.39, 0.29) is 18.2 Å². The number of ketones is 1. The van der Waals surface area contributed by atoms with Crippen molar-refractivity contribution in [3.8, 4) is 0 Å². The van der Waals surface area contributed by atoms with E-state index in [1.54, 1.807) is 12.1 Å². The molecule has 1 aromatic rings. The molecule has 4 N–H and O–H groups in total. The number of nitrogens with two attached hydrogens (primary N) is 1. The number of allylic oxidation sites excluding steroid dienone is 2. The van der Waals surface area contributed by atoms with E-state index < -0.39 is 0 Å². The van der Waals surface area contributed by atoms with Crippen LogP contribution in [0.1, 0.15) is 45.1 Å². The van der Waals surface area contributed by atoms with Crippen molar-refractivity contribution in [2.45, 2.75) is 39.5 Å². The Labute approximate surface area is 154 Å². The third kappa shape index (κ3) is 5.37. The highest BCUT2D eigenvalue weighted by Crippen LogP contribution is 2.28. The molecule has 0 fully saturated rings. The number of anilines is 1. The topological polar surface area (TPSA) is 97.4 Å². The van der Waals surface area contributed by atoms with E-state index >= 15 is 0 Å². The molecule has 0 radical (unpaired) electrons. The molecule has 140 valence electrons. The zero-order valence-corrected chi connectivity index (χ0v) is 15.4. The Morgan fingerprint density at radius 2 is 1.96 bits per heavy atom. The van der Waals surface area contributed by atoms with E-state index in [0.29, 0.717) is 30.1 Å². The van der Waals surface area contributed by atoms with Crippen molar-refractivity contribution in [3.63, 3.8) is 0 Å². The second kappa shape index (κ2) is 9.65. The van der Waals surface area contributed by atoms with Gasteiger partial charge in [-0.15, -0.1) is 0 Å². The number of rotatable bonds is 10. The monoisotopic (exact) mass is 357 g/mol. The number of benzene rings is 1. The second-order valence-corrected chi connectivity index (χ2v) is 6.04. The van der Waals surface area contributed by atoms with Crippen molar-refractivity contribution in [1.29, 1.82) is 5.41 Å².